The van der Waals surface area contributed by atoms with Gasteiger partial charge in [-0.05, 0) is 55.8 Å². The Bertz CT molecular complexity index is 1620. The summed E-state index contributed by atoms with van der Waals surface area (Å²) in [7, 11) is -3.19. The Morgan fingerprint density at radius 2 is 2.03 bits per heavy atom. The van der Waals surface area contributed by atoms with E-state index in [9.17, 15) is 22.9 Å². The van der Waals surface area contributed by atoms with Crippen molar-refractivity contribution in [2.75, 3.05) is 11.5 Å². The molecule has 0 radical (unpaired) electrons. The third-order valence-electron chi connectivity index (χ3n) is 6.06. The van der Waals surface area contributed by atoms with Crippen molar-refractivity contribution < 1.29 is 17.6 Å². The minimum Gasteiger partial charge on any atom is -0.346 e. The normalized spacial score (nSPS) is 18.9. The molecule has 0 spiro atoms. The van der Waals surface area contributed by atoms with Gasteiger partial charge >= 0.3 is 0 Å². The highest BCUT2D eigenvalue weighted by atomic mass is 32.2. The number of aromatic nitrogens is 3. The van der Waals surface area contributed by atoms with Crippen molar-refractivity contribution in [1.29, 1.82) is 5.26 Å². The summed E-state index contributed by atoms with van der Waals surface area (Å²) in [5.74, 6) is -0.612. The third kappa shape index (κ3) is 4.38. The zero-order chi connectivity index (χ0) is 24.8. The molecule has 35 heavy (non-hydrogen) atoms. The lowest BCUT2D eigenvalue weighted by Gasteiger charge is -2.23. The largest absolute Gasteiger partial charge is 0.346 e. The van der Waals surface area contributed by atoms with Gasteiger partial charge in [-0.15, -0.1) is 0 Å². The first-order chi connectivity index (χ1) is 16.7. The summed E-state index contributed by atoms with van der Waals surface area (Å²) < 4.78 is 38.9. The molecule has 10 heteroatoms. The number of benzene rings is 2. The summed E-state index contributed by atoms with van der Waals surface area (Å²) in [6.07, 6.45) is 1.43. The smallest absolute Gasteiger partial charge is 0.251 e. The molecule has 1 amide bonds. The number of halogens is 1. The molecular formula is C25H20FN5O3S. The Labute approximate surface area is 200 Å². The molecule has 5 rings (SSSR count). The Morgan fingerprint density at radius 1 is 1.20 bits per heavy atom. The van der Waals surface area contributed by atoms with E-state index >= 15 is 0 Å². The lowest BCUT2D eigenvalue weighted by atomic mass is 10.0. The van der Waals surface area contributed by atoms with Crippen LogP contribution in [0.4, 0.5) is 4.39 Å². The molecule has 4 aromatic rings. The maximum Gasteiger partial charge on any atom is 0.251 e. The van der Waals surface area contributed by atoms with Gasteiger partial charge in [-0.25, -0.2) is 22.5 Å². The number of pyridine rings is 1. The number of sulfone groups is 1. The Morgan fingerprint density at radius 3 is 2.71 bits per heavy atom. The molecule has 0 aliphatic carbocycles. The molecule has 2 aromatic carbocycles. The number of hydrogen-bond acceptors (Lipinski definition) is 6. The zero-order valence-corrected chi connectivity index (χ0v) is 19.5. The monoisotopic (exact) mass is 489 g/mol. The number of carbonyl (C=O) groups excluding carboxylic acids is 1. The van der Waals surface area contributed by atoms with Gasteiger partial charge in [0.15, 0.2) is 15.7 Å². The second-order valence-electron chi connectivity index (χ2n) is 8.88. The molecule has 8 nitrogen and oxygen atoms in total. The molecule has 2 aromatic heterocycles. The van der Waals surface area contributed by atoms with Gasteiger partial charge in [0.2, 0.25) is 0 Å². The minimum atomic E-state index is -3.19. The number of nitrogens with one attached hydrogen (secondary N) is 1. The number of nitriles is 1. The molecule has 1 unspecified atom stereocenters. The fourth-order valence-electron chi connectivity index (χ4n) is 4.33. The summed E-state index contributed by atoms with van der Waals surface area (Å²) in [6.45, 7) is 1.72. The summed E-state index contributed by atoms with van der Waals surface area (Å²) >= 11 is 0. The highest BCUT2D eigenvalue weighted by Gasteiger charge is 2.39. The SMILES string of the molecule is CC1(NC(=O)c2ccc3c(-c4cccc(C#N)c4)nn(-c4ccc(F)cn4)c3c2)CCS(=O)(=O)C1. The van der Waals surface area contributed by atoms with Gasteiger partial charge in [-0.2, -0.15) is 10.4 Å². The summed E-state index contributed by atoms with van der Waals surface area (Å²) in [6, 6.07) is 16.9. The molecule has 1 saturated heterocycles. The molecule has 1 fully saturated rings. The van der Waals surface area contributed by atoms with Gasteiger partial charge in [-0.1, -0.05) is 12.1 Å². The van der Waals surface area contributed by atoms with Crippen LogP contribution in [0.2, 0.25) is 0 Å². The van der Waals surface area contributed by atoms with Crippen LogP contribution in [0.1, 0.15) is 29.3 Å². The lowest BCUT2D eigenvalue weighted by Crippen LogP contribution is -2.46. The van der Waals surface area contributed by atoms with Crippen molar-refractivity contribution in [3.63, 3.8) is 0 Å². The second-order valence-corrected chi connectivity index (χ2v) is 11.1. The van der Waals surface area contributed by atoms with Crippen molar-refractivity contribution in [2.45, 2.75) is 18.9 Å². The molecular weight excluding hydrogens is 469 g/mol. The fourth-order valence-corrected chi connectivity index (χ4v) is 6.42. The van der Waals surface area contributed by atoms with Gasteiger partial charge < -0.3 is 5.32 Å². The van der Waals surface area contributed by atoms with E-state index in [4.69, 9.17) is 0 Å². The van der Waals surface area contributed by atoms with Crippen LogP contribution in [0.5, 0.6) is 0 Å². The van der Waals surface area contributed by atoms with Crippen molar-refractivity contribution in [1.82, 2.24) is 20.1 Å². The van der Waals surface area contributed by atoms with E-state index in [2.05, 4.69) is 21.5 Å². The van der Waals surface area contributed by atoms with Crippen LogP contribution in [0.3, 0.4) is 0 Å². The van der Waals surface area contributed by atoms with E-state index < -0.39 is 27.1 Å². The number of hydrogen-bond donors (Lipinski definition) is 1. The highest BCUT2D eigenvalue weighted by Crippen LogP contribution is 2.31. The Kier molecular flexibility index (Phi) is 5.37. The first kappa shape index (κ1) is 22.7. The number of rotatable bonds is 4. The molecule has 0 bridgehead atoms. The van der Waals surface area contributed by atoms with E-state index in [0.29, 0.717) is 45.5 Å². The van der Waals surface area contributed by atoms with Gasteiger partial charge in [0, 0.05) is 16.5 Å². The molecule has 1 atom stereocenters. The van der Waals surface area contributed by atoms with Gasteiger partial charge in [0.25, 0.3) is 5.91 Å². The van der Waals surface area contributed by atoms with E-state index in [1.807, 2.05) is 6.07 Å². The topological polar surface area (TPSA) is 118 Å². The van der Waals surface area contributed by atoms with Crippen LogP contribution in [-0.4, -0.2) is 46.1 Å². The molecule has 1 aliphatic heterocycles. The Hall–Kier alpha value is -4.10. The lowest BCUT2D eigenvalue weighted by molar-refractivity contribution is 0.0915. The maximum absolute atomic E-state index is 13.5. The molecule has 1 N–H and O–H groups in total. The van der Waals surface area contributed by atoms with Crippen LogP contribution >= 0.6 is 0 Å². The van der Waals surface area contributed by atoms with E-state index in [-0.39, 0.29) is 11.5 Å². The number of fused-ring (bicyclic) bond motifs is 1. The van der Waals surface area contributed by atoms with Crippen molar-refractivity contribution >= 4 is 26.6 Å². The van der Waals surface area contributed by atoms with Crippen molar-refractivity contribution in [3.05, 3.63) is 77.7 Å². The van der Waals surface area contributed by atoms with E-state index in [1.165, 1.54) is 16.8 Å². The summed E-state index contributed by atoms with van der Waals surface area (Å²) in [4.78, 5) is 17.2. The predicted molar refractivity (Wildman–Crippen MR) is 128 cm³/mol. The predicted octanol–water partition coefficient (Wildman–Crippen LogP) is 3.41. The average molecular weight is 490 g/mol. The quantitative estimate of drug-likeness (QED) is 0.469. The number of amides is 1. The van der Waals surface area contributed by atoms with Gasteiger partial charge in [0.1, 0.15) is 11.5 Å². The summed E-state index contributed by atoms with van der Waals surface area (Å²) in [5.41, 5.74) is 1.79. The van der Waals surface area contributed by atoms with E-state index in [1.54, 1.807) is 43.3 Å². The standard InChI is InChI=1S/C25H20FN5O3S/c1-25(9-10-35(33,34)15-25)29-24(32)18-5-7-20-21(12-18)31(22-8-6-19(26)14-28-22)30-23(20)17-4-2-3-16(11-17)13-27/h2-8,11-12,14H,9-10,15H2,1H3,(H,29,32). The summed E-state index contributed by atoms with van der Waals surface area (Å²) in [5, 5.41) is 17.5. The average Bonchev–Trinajstić information content (AvgIpc) is 3.35. The van der Waals surface area contributed by atoms with Crippen molar-refractivity contribution in [2.24, 2.45) is 0 Å². The molecule has 3 heterocycles. The zero-order valence-electron chi connectivity index (χ0n) is 18.7. The third-order valence-corrected chi connectivity index (χ3v) is 7.96. The van der Waals surface area contributed by atoms with Gasteiger partial charge in [-0.3, -0.25) is 4.79 Å². The molecule has 1 aliphatic rings. The maximum atomic E-state index is 13.5. The first-order valence-corrected chi connectivity index (χ1v) is 12.7. The van der Waals surface area contributed by atoms with Crippen molar-refractivity contribution in [3.8, 4) is 23.1 Å². The minimum absolute atomic E-state index is 0.0386. The van der Waals surface area contributed by atoms with E-state index in [0.717, 1.165) is 6.20 Å². The van der Waals surface area contributed by atoms with Gasteiger partial charge in [0.05, 0.1) is 40.4 Å². The van der Waals surface area contributed by atoms with Crippen LogP contribution in [0.25, 0.3) is 28.0 Å². The number of carbonyl (C=O) groups is 1. The van der Waals surface area contributed by atoms with Crippen LogP contribution in [0.15, 0.2) is 60.8 Å². The van der Waals surface area contributed by atoms with Crippen LogP contribution in [-0.2, 0) is 9.84 Å². The Balaban J connectivity index is 1.61. The molecule has 0 saturated carbocycles. The number of nitrogens with zero attached hydrogens (tertiary/aromatic N) is 4. The highest BCUT2D eigenvalue weighted by molar-refractivity contribution is 7.91. The van der Waals surface area contributed by atoms with Crippen LogP contribution in [0, 0.1) is 17.1 Å². The van der Waals surface area contributed by atoms with Crippen LogP contribution < -0.4 is 5.32 Å². The molecule has 176 valence electrons. The second kappa shape index (κ2) is 8.29. The first-order valence-electron chi connectivity index (χ1n) is 10.8. The fraction of sp³-hybridized carbons (Fsp3) is 0.200.